The Morgan fingerprint density at radius 3 is 2.46 bits per heavy atom. The zero-order chi connectivity index (χ0) is 42.2. The van der Waals surface area contributed by atoms with Crippen molar-refractivity contribution in [2.75, 3.05) is 68.0 Å². The fraction of sp³-hybridized carbons (Fsp3) is 0.524. The van der Waals surface area contributed by atoms with E-state index in [4.69, 9.17) is 4.74 Å². The minimum absolute atomic E-state index is 0.0171. The van der Waals surface area contributed by atoms with Crippen molar-refractivity contribution in [2.45, 2.75) is 76.3 Å². The van der Waals surface area contributed by atoms with Crippen LogP contribution in [0.4, 0.5) is 26.0 Å². The van der Waals surface area contributed by atoms with E-state index in [1.54, 1.807) is 29.1 Å². The van der Waals surface area contributed by atoms with Gasteiger partial charge in [-0.15, -0.1) is 0 Å². The molecule has 4 aromatic rings. The zero-order valence-electron chi connectivity index (χ0n) is 33.7. The third-order valence-electron chi connectivity index (χ3n) is 12.9. The van der Waals surface area contributed by atoms with Gasteiger partial charge >= 0.3 is 0 Å². The summed E-state index contributed by atoms with van der Waals surface area (Å²) in [6.07, 6.45) is 8.45. The lowest BCUT2D eigenvalue weighted by Gasteiger charge is -2.36. The van der Waals surface area contributed by atoms with E-state index in [9.17, 15) is 32.8 Å². The lowest BCUT2D eigenvalue weighted by molar-refractivity contribution is -0.136. The first-order valence-electron chi connectivity index (χ1n) is 21.3. The number of carbonyl (C=O) groups is 5. The van der Waals surface area contributed by atoms with Crippen LogP contribution in [0.5, 0.6) is 0 Å². The lowest BCUT2D eigenvalue weighted by Crippen LogP contribution is -2.54. The molecular formula is C42H49F2N11O6. The number of hydrogen-bond donors (Lipinski definition) is 3. The summed E-state index contributed by atoms with van der Waals surface area (Å²) >= 11 is 0. The predicted molar refractivity (Wildman–Crippen MR) is 218 cm³/mol. The topological polar surface area (TPSA) is 188 Å². The van der Waals surface area contributed by atoms with E-state index >= 15 is 0 Å². The van der Waals surface area contributed by atoms with Crippen molar-refractivity contribution in [3.05, 3.63) is 65.2 Å². The fourth-order valence-electron chi connectivity index (χ4n) is 9.52. The smallest absolute Gasteiger partial charge is 0.284 e. The molecule has 4 aliphatic heterocycles. The number of nitrogens with one attached hydrogen (secondary N) is 3. The van der Waals surface area contributed by atoms with E-state index < -0.39 is 47.7 Å². The number of anilines is 3. The second-order valence-electron chi connectivity index (χ2n) is 16.7. The van der Waals surface area contributed by atoms with Crippen molar-refractivity contribution in [1.82, 2.24) is 39.5 Å². The maximum Gasteiger partial charge on any atom is 0.284 e. The molecule has 3 N–H and O–H groups in total. The molecule has 5 amide bonds. The summed E-state index contributed by atoms with van der Waals surface area (Å²) in [5.74, 6) is -0.981. The number of alkyl halides is 2. The largest absolute Gasteiger partial charge is 0.384 e. The number of piperidine rings is 2. The minimum Gasteiger partial charge on any atom is -0.384 e. The van der Waals surface area contributed by atoms with Crippen molar-refractivity contribution < 1.29 is 37.5 Å². The first-order valence-corrected chi connectivity index (χ1v) is 21.3. The van der Waals surface area contributed by atoms with Gasteiger partial charge in [-0.05, 0) is 94.5 Å². The van der Waals surface area contributed by atoms with Crippen molar-refractivity contribution >= 4 is 52.4 Å². The number of amides is 5. The Morgan fingerprint density at radius 2 is 1.70 bits per heavy atom. The van der Waals surface area contributed by atoms with Gasteiger partial charge in [0.2, 0.25) is 11.8 Å². The molecule has 3 saturated heterocycles. The van der Waals surface area contributed by atoms with Gasteiger partial charge in [-0.2, -0.15) is 10.2 Å². The SMILES string of the molecule is O=C1CCC(N2C(=O)c3cccc(NCCC4CCN(C[C@H]5CC[C@H](n6cc(NC(=O)c7cnn8ccc(N9CCOCC9)nc78)c(C(F)F)n6)CC5)CC4)c3C2=O)C(=O)N1. The molecular weight excluding hydrogens is 793 g/mol. The summed E-state index contributed by atoms with van der Waals surface area (Å²) in [6, 6.07) is 5.87. The summed E-state index contributed by atoms with van der Waals surface area (Å²) in [5, 5.41) is 16.8. The van der Waals surface area contributed by atoms with Gasteiger partial charge in [0.25, 0.3) is 24.1 Å². The highest BCUT2D eigenvalue weighted by atomic mass is 19.3. The Bertz CT molecular complexity index is 2330. The van der Waals surface area contributed by atoms with Crippen LogP contribution in [0.2, 0.25) is 0 Å². The van der Waals surface area contributed by atoms with E-state index in [2.05, 4.69) is 40.9 Å². The van der Waals surface area contributed by atoms with Gasteiger partial charge in [0.1, 0.15) is 17.4 Å². The van der Waals surface area contributed by atoms with E-state index in [1.807, 2.05) is 6.07 Å². The van der Waals surface area contributed by atoms with E-state index in [-0.39, 0.29) is 41.3 Å². The van der Waals surface area contributed by atoms with Gasteiger partial charge in [-0.1, -0.05) is 6.07 Å². The van der Waals surface area contributed by atoms with Crippen LogP contribution < -0.4 is 20.9 Å². The van der Waals surface area contributed by atoms with Gasteiger partial charge in [-0.25, -0.2) is 18.3 Å². The third kappa shape index (κ3) is 8.32. The van der Waals surface area contributed by atoms with Crippen LogP contribution >= 0.6 is 0 Å². The molecule has 1 aromatic carbocycles. The van der Waals surface area contributed by atoms with Crippen molar-refractivity contribution in [1.29, 1.82) is 0 Å². The molecule has 19 heteroatoms. The number of benzene rings is 1. The molecule has 3 aromatic heterocycles. The van der Waals surface area contributed by atoms with Gasteiger partial charge in [-0.3, -0.25) is 38.9 Å². The Balaban J connectivity index is 0.736. The summed E-state index contributed by atoms with van der Waals surface area (Å²) in [5.41, 5.74) is 1.13. The number of carbonyl (C=O) groups excluding carboxylic acids is 5. The maximum absolute atomic E-state index is 14.3. The van der Waals surface area contributed by atoms with Crippen molar-refractivity contribution in [3.8, 4) is 0 Å². The average Bonchev–Trinajstić information content (AvgIpc) is 3.96. The van der Waals surface area contributed by atoms with E-state index in [0.717, 1.165) is 69.5 Å². The van der Waals surface area contributed by atoms with E-state index in [0.29, 0.717) is 61.8 Å². The molecule has 5 aliphatic rings. The number of nitrogens with zero attached hydrogens (tertiary/aromatic N) is 8. The molecule has 17 nitrogen and oxygen atoms in total. The molecule has 0 radical (unpaired) electrons. The maximum atomic E-state index is 14.3. The van der Waals surface area contributed by atoms with Crippen LogP contribution in [0.25, 0.3) is 5.65 Å². The minimum atomic E-state index is -2.87. The number of hydrogen-bond acceptors (Lipinski definition) is 12. The Labute approximate surface area is 350 Å². The molecule has 322 valence electrons. The second kappa shape index (κ2) is 17.3. The van der Waals surface area contributed by atoms with Crippen LogP contribution in [-0.4, -0.2) is 122 Å². The molecule has 1 atom stereocenters. The van der Waals surface area contributed by atoms with Crippen LogP contribution in [0.15, 0.2) is 42.9 Å². The molecule has 1 saturated carbocycles. The number of rotatable bonds is 12. The highest BCUT2D eigenvalue weighted by Gasteiger charge is 2.45. The monoisotopic (exact) mass is 841 g/mol. The van der Waals surface area contributed by atoms with Gasteiger partial charge in [0.15, 0.2) is 11.3 Å². The Morgan fingerprint density at radius 1 is 0.918 bits per heavy atom. The first kappa shape index (κ1) is 40.6. The van der Waals surface area contributed by atoms with Gasteiger partial charge in [0.05, 0.1) is 42.3 Å². The van der Waals surface area contributed by atoms with Crippen LogP contribution in [0.3, 0.4) is 0 Å². The molecule has 4 fully saturated rings. The summed E-state index contributed by atoms with van der Waals surface area (Å²) in [6.45, 7) is 6.08. The van der Waals surface area contributed by atoms with Crippen LogP contribution in [0, 0.1) is 11.8 Å². The average molecular weight is 842 g/mol. The quantitative estimate of drug-likeness (QED) is 0.172. The molecule has 1 aliphatic carbocycles. The van der Waals surface area contributed by atoms with Gasteiger partial charge in [0, 0.05) is 50.7 Å². The molecule has 7 heterocycles. The fourth-order valence-corrected chi connectivity index (χ4v) is 9.52. The molecule has 1 unspecified atom stereocenters. The third-order valence-corrected chi connectivity index (χ3v) is 12.9. The van der Waals surface area contributed by atoms with Crippen molar-refractivity contribution in [2.24, 2.45) is 11.8 Å². The van der Waals surface area contributed by atoms with Crippen LogP contribution in [0.1, 0.15) is 107 Å². The summed E-state index contributed by atoms with van der Waals surface area (Å²) < 4.78 is 37.0. The highest BCUT2D eigenvalue weighted by molar-refractivity contribution is 6.25. The zero-order valence-corrected chi connectivity index (χ0v) is 33.7. The number of morpholine rings is 1. The Kier molecular flexibility index (Phi) is 11.5. The second-order valence-corrected chi connectivity index (χ2v) is 16.7. The van der Waals surface area contributed by atoms with Gasteiger partial charge < -0.3 is 25.2 Å². The van der Waals surface area contributed by atoms with Crippen LogP contribution in [-0.2, 0) is 14.3 Å². The number of likely N-dealkylation sites (tertiary alicyclic amines) is 1. The standard InChI is InChI=1S/C42H49F2N11O6/c43-37(44)36-31(47-39(57)29-22-46-53-17-13-33(48-38(29)53)52-18-20-61-21-19-52)24-54(50-36)27-6-4-26(5-7-27)23-51-15-11-25(12-16-51)10-14-45-30-3-1-2-28-35(30)42(60)55(41(28)59)32-8-9-34(56)49-40(32)58/h1-3,13,17,22,24-27,32,37,45H,4-12,14-16,18-21,23H2,(H,47,57)(H,49,56,58)/t26-,27-,32?. The van der Waals surface area contributed by atoms with E-state index in [1.165, 1.54) is 16.9 Å². The molecule has 0 spiro atoms. The number of halogens is 2. The predicted octanol–water partition coefficient (Wildman–Crippen LogP) is 4.30. The molecule has 0 bridgehead atoms. The number of imide groups is 2. The molecule has 61 heavy (non-hydrogen) atoms. The first-order chi connectivity index (χ1) is 29.6. The lowest BCUT2D eigenvalue weighted by atomic mass is 9.85. The Hall–Kier alpha value is -5.82. The number of aromatic nitrogens is 5. The highest BCUT2D eigenvalue weighted by Crippen LogP contribution is 2.37. The molecule has 9 rings (SSSR count). The van der Waals surface area contributed by atoms with Crippen molar-refractivity contribution in [3.63, 3.8) is 0 Å². The number of fused-ring (bicyclic) bond motifs is 2. The summed E-state index contributed by atoms with van der Waals surface area (Å²) in [4.78, 5) is 74.4. The number of ether oxygens (including phenoxy) is 1. The summed E-state index contributed by atoms with van der Waals surface area (Å²) in [7, 11) is 0. The normalized spacial score (nSPS) is 22.9.